The molecule has 0 saturated carbocycles. The molecule has 2 N–H and O–H groups in total. The summed E-state index contributed by atoms with van der Waals surface area (Å²) in [6.45, 7) is 1.73. The number of nitrogens with two attached hydrogens (primary N) is 1. The van der Waals surface area contributed by atoms with Crippen molar-refractivity contribution < 1.29 is 0 Å². The zero-order chi connectivity index (χ0) is 9.10. The van der Waals surface area contributed by atoms with Crippen LogP contribution in [0.1, 0.15) is 6.42 Å². The van der Waals surface area contributed by atoms with Crippen LogP contribution in [0.5, 0.6) is 0 Å². The van der Waals surface area contributed by atoms with Crippen molar-refractivity contribution in [2.75, 3.05) is 6.54 Å². The van der Waals surface area contributed by atoms with Gasteiger partial charge in [-0.05, 0) is 25.1 Å². The Bertz CT molecular complexity index is 392. The van der Waals surface area contributed by atoms with Gasteiger partial charge in [-0.25, -0.2) is 0 Å². The molecule has 2 rings (SSSR count). The number of rotatable bonds is 3. The summed E-state index contributed by atoms with van der Waals surface area (Å²) in [7, 11) is 0. The van der Waals surface area contributed by atoms with Crippen molar-refractivity contribution in [1.29, 1.82) is 0 Å². The standard InChI is InChI=1S/C10H13N3/c11-4-1-6-13-7-3-9-8-12-5-2-10(9)13/h2-3,5,7-8H,1,4,6,11H2. The number of fused-ring (bicyclic) bond motifs is 1. The summed E-state index contributed by atoms with van der Waals surface area (Å²) in [4.78, 5) is 4.07. The Hall–Kier alpha value is -1.35. The molecule has 2 aromatic heterocycles. The second kappa shape index (κ2) is 3.58. The van der Waals surface area contributed by atoms with E-state index in [4.69, 9.17) is 5.73 Å². The average molecular weight is 175 g/mol. The van der Waals surface area contributed by atoms with E-state index in [0.29, 0.717) is 0 Å². The van der Waals surface area contributed by atoms with Crippen LogP contribution in [0.4, 0.5) is 0 Å². The van der Waals surface area contributed by atoms with Gasteiger partial charge in [-0.15, -0.1) is 0 Å². The Kier molecular flexibility index (Phi) is 2.27. The number of aryl methyl sites for hydroxylation is 1. The van der Waals surface area contributed by atoms with Gasteiger partial charge in [0.25, 0.3) is 0 Å². The quantitative estimate of drug-likeness (QED) is 0.766. The van der Waals surface area contributed by atoms with Gasteiger partial charge in [-0.1, -0.05) is 0 Å². The molecule has 0 saturated heterocycles. The van der Waals surface area contributed by atoms with Crippen LogP contribution in [0, 0.1) is 0 Å². The minimum atomic E-state index is 0.741. The summed E-state index contributed by atoms with van der Waals surface area (Å²) in [5.74, 6) is 0. The van der Waals surface area contributed by atoms with E-state index in [1.807, 2.05) is 18.5 Å². The Morgan fingerprint density at radius 1 is 1.38 bits per heavy atom. The molecule has 0 unspecified atom stereocenters. The van der Waals surface area contributed by atoms with E-state index in [-0.39, 0.29) is 0 Å². The highest BCUT2D eigenvalue weighted by molar-refractivity contribution is 5.78. The summed E-state index contributed by atoms with van der Waals surface area (Å²) in [6, 6.07) is 4.12. The topological polar surface area (TPSA) is 43.8 Å². The van der Waals surface area contributed by atoms with Gasteiger partial charge in [0.1, 0.15) is 0 Å². The number of hydrogen-bond donors (Lipinski definition) is 1. The molecule has 0 aromatic carbocycles. The maximum absolute atomic E-state index is 5.46. The number of pyridine rings is 1. The molecule has 3 heteroatoms. The van der Waals surface area contributed by atoms with Crippen LogP contribution in [0.3, 0.4) is 0 Å². The lowest BCUT2D eigenvalue weighted by molar-refractivity contribution is 0.671. The summed E-state index contributed by atoms with van der Waals surface area (Å²) in [5.41, 5.74) is 6.70. The van der Waals surface area contributed by atoms with E-state index in [1.54, 1.807) is 0 Å². The first-order chi connectivity index (χ1) is 6.42. The molecule has 0 fully saturated rings. The van der Waals surface area contributed by atoms with Crippen LogP contribution in [-0.2, 0) is 6.54 Å². The summed E-state index contributed by atoms with van der Waals surface area (Å²) >= 11 is 0. The Labute approximate surface area is 77.2 Å². The van der Waals surface area contributed by atoms with Crippen molar-refractivity contribution >= 4 is 10.9 Å². The first kappa shape index (κ1) is 8.26. The van der Waals surface area contributed by atoms with Gasteiger partial charge >= 0.3 is 0 Å². The van der Waals surface area contributed by atoms with Crippen LogP contribution < -0.4 is 5.73 Å². The minimum absolute atomic E-state index is 0.741. The average Bonchev–Trinajstić information content (AvgIpc) is 2.58. The first-order valence-electron chi connectivity index (χ1n) is 4.51. The predicted molar refractivity (Wildman–Crippen MR) is 53.4 cm³/mol. The van der Waals surface area contributed by atoms with E-state index in [2.05, 4.69) is 21.8 Å². The van der Waals surface area contributed by atoms with Gasteiger partial charge < -0.3 is 10.3 Å². The highest BCUT2D eigenvalue weighted by Gasteiger charge is 1.98. The van der Waals surface area contributed by atoms with Gasteiger partial charge in [0.15, 0.2) is 0 Å². The maximum Gasteiger partial charge on any atom is 0.0511 e. The third-order valence-corrected chi connectivity index (χ3v) is 2.17. The van der Waals surface area contributed by atoms with E-state index in [9.17, 15) is 0 Å². The third-order valence-electron chi connectivity index (χ3n) is 2.17. The van der Waals surface area contributed by atoms with E-state index >= 15 is 0 Å². The molecule has 0 atom stereocenters. The van der Waals surface area contributed by atoms with Crippen molar-refractivity contribution in [3.8, 4) is 0 Å². The molecule has 0 aliphatic rings. The third kappa shape index (κ3) is 1.55. The lowest BCUT2D eigenvalue weighted by atomic mass is 10.3. The molecular formula is C10H13N3. The fraction of sp³-hybridized carbons (Fsp3) is 0.300. The lowest BCUT2D eigenvalue weighted by Gasteiger charge is -2.02. The summed E-state index contributed by atoms with van der Waals surface area (Å²) in [6.07, 6.45) is 6.81. The highest BCUT2D eigenvalue weighted by Crippen LogP contribution is 2.13. The molecule has 13 heavy (non-hydrogen) atoms. The Morgan fingerprint density at radius 3 is 3.15 bits per heavy atom. The highest BCUT2D eigenvalue weighted by atomic mass is 15.0. The molecule has 0 spiro atoms. The second-order valence-electron chi connectivity index (χ2n) is 3.09. The van der Waals surface area contributed by atoms with Crippen molar-refractivity contribution in [2.24, 2.45) is 5.73 Å². The molecule has 0 bridgehead atoms. The fourth-order valence-electron chi connectivity index (χ4n) is 1.50. The Balaban J connectivity index is 2.35. The Morgan fingerprint density at radius 2 is 2.31 bits per heavy atom. The van der Waals surface area contributed by atoms with Crippen molar-refractivity contribution in [1.82, 2.24) is 9.55 Å². The maximum atomic E-state index is 5.46. The monoisotopic (exact) mass is 175 g/mol. The second-order valence-corrected chi connectivity index (χ2v) is 3.09. The van der Waals surface area contributed by atoms with Crippen LogP contribution in [0.2, 0.25) is 0 Å². The lowest BCUT2D eigenvalue weighted by Crippen LogP contribution is -2.04. The molecular weight excluding hydrogens is 162 g/mol. The zero-order valence-electron chi connectivity index (χ0n) is 7.48. The van der Waals surface area contributed by atoms with E-state index in [0.717, 1.165) is 19.5 Å². The summed E-state index contributed by atoms with van der Waals surface area (Å²) < 4.78 is 2.21. The number of hydrogen-bond acceptors (Lipinski definition) is 2. The molecule has 0 amide bonds. The van der Waals surface area contributed by atoms with E-state index in [1.165, 1.54) is 10.9 Å². The van der Waals surface area contributed by atoms with Crippen LogP contribution in [0.15, 0.2) is 30.7 Å². The fourth-order valence-corrected chi connectivity index (χ4v) is 1.50. The number of aromatic nitrogens is 2. The van der Waals surface area contributed by atoms with Gasteiger partial charge in [0, 0.05) is 30.5 Å². The van der Waals surface area contributed by atoms with Gasteiger partial charge in [0.2, 0.25) is 0 Å². The number of nitrogens with zero attached hydrogens (tertiary/aromatic N) is 2. The SMILES string of the molecule is NCCCn1ccc2cnccc21. The molecule has 3 nitrogen and oxygen atoms in total. The molecule has 0 radical (unpaired) electrons. The molecule has 0 aliphatic heterocycles. The van der Waals surface area contributed by atoms with Crippen LogP contribution >= 0.6 is 0 Å². The van der Waals surface area contributed by atoms with Crippen molar-refractivity contribution in [3.05, 3.63) is 30.7 Å². The normalized spacial score (nSPS) is 10.8. The van der Waals surface area contributed by atoms with Crippen LogP contribution in [0.25, 0.3) is 10.9 Å². The smallest absolute Gasteiger partial charge is 0.0511 e. The molecule has 2 aromatic rings. The summed E-state index contributed by atoms with van der Waals surface area (Å²) in [5, 5.41) is 1.19. The largest absolute Gasteiger partial charge is 0.347 e. The zero-order valence-corrected chi connectivity index (χ0v) is 7.48. The van der Waals surface area contributed by atoms with Gasteiger partial charge in [-0.3, -0.25) is 4.98 Å². The van der Waals surface area contributed by atoms with Crippen LogP contribution in [-0.4, -0.2) is 16.1 Å². The van der Waals surface area contributed by atoms with Gasteiger partial charge in [0.05, 0.1) is 5.52 Å². The minimum Gasteiger partial charge on any atom is -0.347 e. The van der Waals surface area contributed by atoms with Crippen molar-refractivity contribution in [3.63, 3.8) is 0 Å². The van der Waals surface area contributed by atoms with E-state index < -0.39 is 0 Å². The first-order valence-corrected chi connectivity index (χ1v) is 4.51. The molecule has 2 heterocycles. The molecule has 68 valence electrons. The predicted octanol–water partition coefficient (Wildman–Crippen LogP) is 1.39. The van der Waals surface area contributed by atoms with Gasteiger partial charge in [-0.2, -0.15) is 0 Å². The van der Waals surface area contributed by atoms with Crippen molar-refractivity contribution in [2.45, 2.75) is 13.0 Å². The molecule has 0 aliphatic carbocycles.